The molecule has 0 bridgehead atoms. The molecule has 0 saturated carbocycles. The molecule has 2 aromatic rings. The van der Waals surface area contributed by atoms with E-state index in [1.165, 1.54) is 7.11 Å². The predicted octanol–water partition coefficient (Wildman–Crippen LogP) is 1.69. The lowest BCUT2D eigenvalue weighted by Gasteiger charge is -2.19. The molecule has 1 aromatic carbocycles. The molecule has 0 aliphatic carbocycles. The molecule has 3 amide bonds. The first-order valence-electron chi connectivity index (χ1n) is 9.25. The van der Waals surface area contributed by atoms with Gasteiger partial charge in [-0.15, -0.1) is 0 Å². The molecule has 0 spiro atoms. The number of aromatic amines is 1. The third-order valence-corrected chi connectivity index (χ3v) is 4.42. The number of hydrogen-bond acceptors (Lipinski definition) is 8. The van der Waals surface area contributed by atoms with E-state index in [-0.39, 0.29) is 11.3 Å². The number of ether oxygens (including phenoxy) is 4. The van der Waals surface area contributed by atoms with Crippen molar-refractivity contribution in [1.29, 1.82) is 0 Å². The Labute approximate surface area is 177 Å². The average Bonchev–Trinajstić information content (AvgIpc) is 3.05. The van der Waals surface area contributed by atoms with Crippen molar-refractivity contribution in [3.63, 3.8) is 0 Å². The van der Waals surface area contributed by atoms with Gasteiger partial charge in [-0.3, -0.25) is 10.1 Å². The quantitative estimate of drug-likeness (QED) is 0.607. The van der Waals surface area contributed by atoms with Crippen LogP contribution in [0, 0.1) is 13.8 Å². The number of anilines is 1. The minimum absolute atomic E-state index is 0.0198. The minimum Gasteiger partial charge on any atom is -0.486 e. The zero-order chi connectivity index (χ0) is 22.5. The van der Waals surface area contributed by atoms with Gasteiger partial charge >= 0.3 is 18.0 Å². The number of aromatic nitrogens is 1. The molecule has 11 heteroatoms. The van der Waals surface area contributed by atoms with Crippen LogP contribution in [0.2, 0.25) is 0 Å². The monoisotopic (exact) mass is 431 g/mol. The lowest BCUT2D eigenvalue weighted by atomic mass is 10.1. The van der Waals surface area contributed by atoms with E-state index in [1.54, 1.807) is 32.0 Å². The number of carbonyl (C=O) groups is 4. The van der Waals surface area contributed by atoms with Gasteiger partial charge in [0.2, 0.25) is 0 Å². The maximum absolute atomic E-state index is 12.2. The van der Waals surface area contributed by atoms with Crippen molar-refractivity contribution >= 4 is 29.6 Å². The van der Waals surface area contributed by atoms with Crippen molar-refractivity contribution in [3.05, 3.63) is 40.7 Å². The second-order valence-corrected chi connectivity index (χ2v) is 6.55. The minimum atomic E-state index is -0.849. The summed E-state index contributed by atoms with van der Waals surface area (Å²) < 4.78 is 20.4. The summed E-state index contributed by atoms with van der Waals surface area (Å²) in [7, 11) is 1.23. The summed E-state index contributed by atoms with van der Waals surface area (Å²) in [6.07, 6.45) is 0. The molecular formula is C20H21N3O8. The van der Waals surface area contributed by atoms with Gasteiger partial charge in [0.15, 0.2) is 18.1 Å². The molecule has 1 aromatic heterocycles. The van der Waals surface area contributed by atoms with Crippen molar-refractivity contribution in [2.24, 2.45) is 0 Å². The Balaban J connectivity index is 1.52. The van der Waals surface area contributed by atoms with Gasteiger partial charge in [0.25, 0.3) is 5.91 Å². The summed E-state index contributed by atoms with van der Waals surface area (Å²) in [5.74, 6) is -1.24. The van der Waals surface area contributed by atoms with Crippen LogP contribution < -0.4 is 20.1 Å². The van der Waals surface area contributed by atoms with Gasteiger partial charge in [-0.1, -0.05) is 0 Å². The number of aryl methyl sites for hydroxylation is 1. The fourth-order valence-electron chi connectivity index (χ4n) is 3.01. The second-order valence-electron chi connectivity index (χ2n) is 6.55. The summed E-state index contributed by atoms with van der Waals surface area (Å²) in [5, 5.41) is 4.53. The zero-order valence-corrected chi connectivity index (χ0v) is 17.1. The van der Waals surface area contributed by atoms with Crippen LogP contribution in [-0.2, 0) is 14.3 Å². The van der Waals surface area contributed by atoms with E-state index >= 15 is 0 Å². The number of amides is 3. The van der Waals surface area contributed by atoms with Crippen LogP contribution in [-0.4, -0.2) is 55.8 Å². The Hall–Kier alpha value is -4.02. The Kier molecular flexibility index (Phi) is 6.43. The summed E-state index contributed by atoms with van der Waals surface area (Å²) in [4.78, 5) is 50.7. The third kappa shape index (κ3) is 4.94. The highest BCUT2D eigenvalue weighted by Crippen LogP contribution is 2.32. The molecule has 3 rings (SSSR count). The summed E-state index contributed by atoms with van der Waals surface area (Å²) in [6.45, 7) is 3.29. The number of fused-ring (bicyclic) bond motifs is 1. The Bertz CT molecular complexity index is 1040. The molecule has 1 aliphatic rings. The molecule has 31 heavy (non-hydrogen) atoms. The van der Waals surface area contributed by atoms with Crippen LogP contribution in [0.5, 0.6) is 11.5 Å². The van der Waals surface area contributed by atoms with Crippen LogP contribution in [0.3, 0.4) is 0 Å². The van der Waals surface area contributed by atoms with Gasteiger partial charge in [0.1, 0.15) is 18.9 Å². The first-order valence-corrected chi connectivity index (χ1v) is 9.25. The molecule has 0 radical (unpaired) electrons. The van der Waals surface area contributed by atoms with E-state index in [4.69, 9.17) is 14.2 Å². The molecule has 1 aliphatic heterocycles. The third-order valence-electron chi connectivity index (χ3n) is 4.42. The molecule has 0 atom stereocenters. The number of imide groups is 1. The van der Waals surface area contributed by atoms with Crippen LogP contribution >= 0.6 is 0 Å². The van der Waals surface area contributed by atoms with Gasteiger partial charge in [-0.2, -0.15) is 0 Å². The maximum atomic E-state index is 12.2. The normalized spacial score (nSPS) is 12.0. The van der Waals surface area contributed by atoms with Crippen molar-refractivity contribution < 1.29 is 38.1 Å². The molecule has 0 unspecified atom stereocenters. The predicted molar refractivity (Wildman–Crippen MR) is 106 cm³/mol. The van der Waals surface area contributed by atoms with Crippen LogP contribution in [0.4, 0.5) is 10.5 Å². The van der Waals surface area contributed by atoms with Gasteiger partial charge in [-0.25, -0.2) is 14.4 Å². The fourth-order valence-corrected chi connectivity index (χ4v) is 3.01. The van der Waals surface area contributed by atoms with Crippen molar-refractivity contribution in [2.45, 2.75) is 13.8 Å². The number of H-pyrrole nitrogens is 1. The van der Waals surface area contributed by atoms with E-state index in [0.29, 0.717) is 41.7 Å². The van der Waals surface area contributed by atoms with E-state index in [9.17, 15) is 19.2 Å². The molecule has 11 nitrogen and oxygen atoms in total. The smallest absolute Gasteiger partial charge is 0.355 e. The van der Waals surface area contributed by atoms with Gasteiger partial charge < -0.3 is 29.2 Å². The maximum Gasteiger partial charge on any atom is 0.355 e. The number of methoxy groups -OCH3 is 1. The SMILES string of the molecule is COC(=O)c1c(C)[nH]c(C(=O)OCC(=O)NC(=O)Nc2ccc3c(c2)OCCO3)c1C. The summed E-state index contributed by atoms with van der Waals surface area (Å²) >= 11 is 0. The summed E-state index contributed by atoms with van der Waals surface area (Å²) in [5.41, 5.74) is 1.40. The van der Waals surface area contributed by atoms with E-state index in [0.717, 1.165) is 0 Å². The van der Waals surface area contributed by atoms with E-state index in [1.807, 2.05) is 0 Å². The fraction of sp³-hybridized carbons (Fsp3) is 0.300. The number of carbonyl (C=O) groups excluding carboxylic acids is 4. The topological polar surface area (TPSA) is 145 Å². The summed E-state index contributed by atoms with van der Waals surface area (Å²) in [6, 6.07) is 3.98. The van der Waals surface area contributed by atoms with Crippen LogP contribution in [0.15, 0.2) is 18.2 Å². The standard InChI is InChI=1S/C20H21N3O8/c1-10-16(18(25)28-3)11(2)21-17(10)19(26)31-9-15(24)23-20(27)22-12-4-5-13-14(8-12)30-7-6-29-13/h4-5,8,21H,6-7,9H2,1-3H3,(H2,22,23,24,27). The van der Waals surface area contributed by atoms with Crippen molar-refractivity contribution in [1.82, 2.24) is 10.3 Å². The number of nitrogens with one attached hydrogen (secondary N) is 3. The Morgan fingerprint density at radius 2 is 1.77 bits per heavy atom. The Morgan fingerprint density at radius 3 is 2.48 bits per heavy atom. The number of urea groups is 1. The first-order chi connectivity index (χ1) is 14.8. The van der Waals surface area contributed by atoms with Crippen molar-refractivity contribution in [2.75, 3.05) is 32.2 Å². The van der Waals surface area contributed by atoms with E-state index < -0.39 is 30.5 Å². The lowest BCUT2D eigenvalue weighted by Crippen LogP contribution is -2.37. The first kappa shape index (κ1) is 21.7. The Morgan fingerprint density at radius 1 is 1.06 bits per heavy atom. The van der Waals surface area contributed by atoms with Gasteiger partial charge in [0.05, 0.1) is 12.7 Å². The van der Waals surface area contributed by atoms with Gasteiger partial charge in [-0.05, 0) is 31.5 Å². The lowest BCUT2D eigenvalue weighted by molar-refractivity contribution is -0.123. The number of esters is 2. The van der Waals surface area contributed by atoms with Crippen LogP contribution in [0.1, 0.15) is 32.1 Å². The highest BCUT2D eigenvalue weighted by atomic mass is 16.6. The van der Waals surface area contributed by atoms with E-state index in [2.05, 4.69) is 20.4 Å². The van der Waals surface area contributed by atoms with Crippen LogP contribution in [0.25, 0.3) is 0 Å². The largest absolute Gasteiger partial charge is 0.486 e. The number of hydrogen-bond donors (Lipinski definition) is 3. The molecule has 0 fully saturated rings. The van der Waals surface area contributed by atoms with Crippen molar-refractivity contribution in [3.8, 4) is 11.5 Å². The average molecular weight is 431 g/mol. The molecule has 3 N–H and O–H groups in total. The molecule has 0 saturated heterocycles. The molecule has 2 heterocycles. The zero-order valence-electron chi connectivity index (χ0n) is 17.1. The molecule has 164 valence electrons. The highest BCUT2D eigenvalue weighted by Gasteiger charge is 2.24. The molecular weight excluding hydrogens is 410 g/mol. The second kappa shape index (κ2) is 9.20. The van der Waals surface area contributed by atoms with Gasteiger partial charge in [0, 0.05) is 17.4 Å². The highest BCUT2D eigenvalue weighted by molar-refractivity contribution is 6.03. The number of rotatable bonds is 5. The number of benzene rings is 1.